The van der Waals surface area contributed by atoms with Gasteiger partial charge in [0.2, 0.25) is 0 Å². The summed E-state index contributed by atoms with van der Waals surface area (Å²) in [6.07, 6.45) is 3.09. The Morgan fingerprint density at radius 3 is 2.83 bits per heavy atom. The second-order valence-electron chi connectivity index (χ2n) is 4.51. The molecule has 3 nitrogen and oxygen atoms in total. The molecule has 0 saturated heterocycles. The van der Waals surface area contributed by atoms with E-state index in [2.05, 4.69) is 30.6 Å². The van der Waals surface area contributed by atoms with Gasteiger partial charge in [-0.05, 0) is 24.0 Å². The van der Waals surface area contributed by atoms with E-state index in [4.69, 9.17) is 9.47 Å². The molecule has 2 rings (SSSR count). The summed E-state index contributed by atoms with van der Waals surface area (Å²) in [5.41, 5.74) is 1.24. The van der Waals surface area contributed by atoms with Crippen LogP contribution in [0.5, 0.6) is 11.5 Å². The first-order chi connectivity index (χ1) is 8.79. The second-order valence-corrected chi connectivity index (χ2v) is 5.78. The highest BCUT2D eigenvalue weighted by Gasteiger charge is 2.10. The Morgan fingerprint density at radius 1 is 1.28 bits per heavy atom. The van der Waals surface area contributed by atoms with Gasteiger partial charge in [-0.2, -0.15) is 11.8 Å². The molecule has 1 aliphatic rings. The maximum absolute atomic E-state index is 5.68. The molecular formula is C14H21NO2S. The van der Waals surface area contributed by atoms with E-state index in [1.165, 1.54) is 5.56 Å². The van der Waals surface area contributed by atoms with Gasteiger partial charge in [-0.25, -0.2) is 0 Å². The molecular weight excluding hydrogens is 246 g/mol. The predicted molar refractivity (Wildman–Crippen MR) is 76.7 cm³/mol. The predicted octanol–water partition coefficient (Wildman–Crippen LogP) is 2.69. The van der Waals surface area contributed by atoms with Crippen LogP contribution in [-0.4, -0.2) is 31.3 Å². The molecule has 100 valence electrons. The molecule has 0 spiro atoms. The summed E-state index contributed by atoms with van der Waals surface area (Å²) in [5, 5.41) is 4.10. The van der Waals surface area contributed by atoms with E-state index < -0.39 is 0 Å². The number of nitrogens with one attached hydrogen (secondary N) is 1. The van der Waals surface area contributed by atoms with E-state index >= 15 is 0 Å². The Bertz CT molecular complexity index is 384. The zero-order valence-electron chi connectivity index (χ0n) is 11.1. The molecule has 1 atom stereocenters. The number of fused-ring (bicyclic) bond motifs is 1. The highest BCUT2D eigenvalue weighted by Crippen LogP contribution is 2.30. The Labute approximate surface area is 113 Å². The molecule has 0 amide bonds. The van der Waals surface area contributed by atoms with E-state index in [9.17, 15) is 0 Å². The number of hydrogen-bond donors (Lipinski definition) is 1. The minimum Gasteiger partial charge on any atom is -0.490 e. The molecule has 1 aromatic carbocycles. The van der Waals surface area contributed by atoms with Gasteiger partial charge in [-0.3, -0.25) is 0 Å². The third-order valence-electron chi connectivity index (χ3n) is 2.98. The van der Waals surface area contributed by atoms with Crippen molar-refractivity contribution in [2.45, 2.75) is 25.1 Å². The van der Waals surface area contributed by atoms with Crippen LogP contribution in [-0.2, 0) is 6.54 Å². The van der Waals surface area contributed by atoms with Crippen LogP contribution in [0.2, 0.25) is 0 Å². The fourth-order valence-electron chi connectivity index (χ4n) is 1.82. The van der Waals surface area contributed by atoms with Crippen molar-refractivity contribution in [1.82, 2.24) is 5.32 Å². The third-order valence-corrected chi connectivity index (χ3v) is 3.95. The first kappa shape index (κ1) is 13.6. The molecule has 0 aromatic heterocycles. The van der Waals surface area contributed by atoms with Crippen molar-refractivity contribution < 1.29 is 9.47 Å². The van der Waals surface area contributed by atoms with Crippen molar-refractivity contribution in [3.05, 3.63) is 23.8 Å². The number of benzene rings is 1. The molecule has 1 aromatic rings. The van der Waals surface area contributed by atoms with Gasteiger partial charge in [0.25, 0.3) is 0 Å². The second kappa shape index (κ2) is 6.90. The van der Waals surface area contributed by atoms with Crippen molar-refractivity contribution in [2.24, 2.45) is 0 Å². The van der Waals surface area contributed by atoms with Crippen molar-refractivity contribution in [3.8, 4) is 11.5 Å². The van der Waals surface area contributed by atoms with Gasteiger partial charge in [0.1, 0.15) is 0 Å². The normalized spacial score (nSPS) is 16.1. The summed E-state index contributed by atoms with van der Waals surface area (Å²) in [7, 11) is 0. The molecule has 0 aliphatic carbocycles. The smallest absolute Gasteiger partial charge is 0.161 e. The Morgan fingerprint density at radius 2 is 2.06 bits per heavy atom. The quantitative estimate of drug-likeness (QED) is 0.888. The average Bonchev–Trinajstić information content (AvgIpc) is 2.63. The lowest BCUT2D eigenvalue weighted by Gasteiger charge is -2.12. The summed E-state index contributed by atoms with van der Waals surface area (Å²) in [4.78, 5) is 0. The molecule has 0 radical (unpaired) electrons. The monoisotopic (exact) mass is 267 g/mol. The van der Waals surface area contributed by atoms with E-state index in [0.717, 1.165) is 44.2 Å². The molecule has 4 heteroatoms. The summed E-state index contributed by atoms with van der Waals surface area (Å²) in [6.45, 7) is 5.62. The van der Waals surface area contributed by atoms with Crippen molar-refractivity contribution in [3.63, 3.8) is 0 Å². The van der Waals surface area contributed by atoms with Crippen LogP contribution < -0.4 is 14.8 Å². The zero-order valence-corrected chi connectivity index (χ0v) is 11.9. The van der Waals surface area contributed by atoms with Gasteiger partial charge in [0, 0.05) is 24.8 Å². The molecule has 0 saturated carbocycles. The first-order valence-corrected chi connectivity index (χ1v) is 7.70. The number of hydrogen-bond acceptors (Lipinski definition) is 4. The largest absolute Gasteiger partial charge is 0.490 e. The molecule has 1 unspecified atom stereocenters. The van der Waals surface area contributed by atoms with Crippen LogP contribution in [0.15, 0.2) is 18.2 Å². The van der Waals surface area contributed by atoms with Gasteiger partial charge in [0.05, 0.1) is 13.2 Å². The lowest BCUT2D eigenvalue weighted by Crippen LogP contribution is -2.22. The van der Waals surface area contributed by atoms with E-state index in [1.54, 1.807) is 0 Å². The highest BCUT2D eigenvalue weighted by molar-refractivity contribution is 7.99. The van der Waals surface area contributed by atoms with Gasteiger partial charge < -0.3 is 14.8 Å². The fourth-order valence-corrected chi connectivity index (χ4v) is 2.11. The summed E-state index contributed by atoms with van der Waals surface area (Å²) < 4.78 is 11.3. The van der Waals surface area contributed by atoms with Crippen molar-refractivity contribution in [1.29, 1.82) is 0 Å². The minimum absolute atomic E-state index is 0.644. The molecule has 0 bridgehead atoms. The number of thioether (sulfide) groups is 1. The topological polar surface area (TPSA) is 30.5 Å². The summed E-state index contributed by atoms with van der Waals surface area (Å²) in [5.74, 6) is 1.75. The van der Waals surface area contributed by atoms with Crippen LogP contribution in [0.1, 0.15) is 18.9 Å². The average molecular weight is 267 g/mol. The summed E-state index contributed by atoms with van der Waals surface area (Å²) >= 11 is 1.88. The molecule has 18 heavy (non-hydrogen) atoms. The lowest BCUT2D eigenvalue weighted by atomic mass is 10.2. The fraction of sp³-hybridized carbons (Fsp3) is 0.571. The van der Waals surface area contributed by atoms with Crippen LogP contribution in [0.3, 0.4) is 0 Å². The van der Waals surface area contributed by atoms with Gasteiger partial charge >= 0.3 is 0 Å². The Hall–Kier alpha value is -0.870. The molecule has 1 heterocycles. The molecule has 0 fully saturated rings. The highest BCUT2D eigenvalue weighted by atomic mass is 32.2. The summed E-state index contributed by atoms with van der Waals surface area (Å²) in [6, 6.07) is 6.19. The van der Waals surface area contributed by atoms with Gasteiger partial charge in [-0.1, -0.05) is 13.0 Å². The minimum atomic E-state index is 0.644. The standard InChI is InChI=1S/C14H21NO2S/c1-11(18-2)9-15-10-12-4-5-13-14(8-12)17-7-3-6-16-13/h4-5,8,11,15H,3,6-7,9-10H2,1-2H3. The van der Waals surface area contributed by atoms with Crippen LogP contribution in [0.4, 0.5) is 0 Å². The van der Waals surface area contributed by atoms with E-state index in [-0.39, 0.29) is 0 Å². The van der Waals surface area contributed by atoms with Crippen LogP contribution in [0, 0.1) is 0 Å². The third kappa shape index (κ3) is 3.82. The van der Waals surface area contributed by atoms with E-state index in [1.807, 2.05) is 17.8 Å². The molecule has 1 N–H and O–H groups in total. The van der Waals surface area contributed by atoms with Crippen molar-refractivity contribution in [2.75, 3.05) is 26.0 Å². The maximum Gasteiger partial charge on any atom is 0.161 e. The van der Waals surface area contributed by atoms with Crippen molar-refractivity contribution >= 4 is 11.8 Å². The Kier molecular flexibility index (Phi) is 5.20. The van der Waals surface area contributed by atoms with Gasteiger partial charge in [-0.15, -0.1) is 0 Å². The molecule has 1 aliphatic heterocycles. The lowest BCUT2D eigenvalue weighted by molar-refractivity contribution is 0.297. The number of ether oxygens (including phenoxy) is 2. The number of rotatable bonds is 5. The SMILES string of the molecule is CSC(C)CNCc1ccc2c(c1)OCCCO2. The van der Waals surface area contributed by atoms with Gasteiger partial charge in [0.15, 0.2) is 11.5 Å². The zero-order chi connectivity index (χ0) is 12.8. The maximum atomic E-state index is 5.68. The van der Waals surface area contributed by atoms with Crippen LogP contribution in [0.25, 0.3) is 0 Å². The first-order valence-electron chi connectivity index (χ1n) is 6.41. The van der Waals surface area contributed by atoms with E-state index in [0.29, 0.717) is 5.25 Å². The Balaban J connectivity index is 1.91. The van der Waals surface area contributed by atoms with Crippen LogP contribution >= 0.6 is 11.8 Å².